The Morgan fingerprint density at radius 1 is 0.904 bits per heavy atom. The van der Waals surface area contributed by atoms with E-state index in [1.807, 2.05) is 85.8 Å². The average Bonchev–Trinajstić information content (AvgIpc) is 3.58. The average molecular weight is 743 g/mol. The molecule has 272 valence electrons. The Balaban J connectivity index is 1.15. The van der Waals surface area contributed by atoms with Gasteiger partial charge in [-0.15, -0.1) is 5.10 Å². The first-order valence-electron chi connectivity index (χ1n) is 16.9. The molecular formula is C38H42N6O6S2. The van der Waals surface area contributed by atoms with E-state index in [2.05, 4.69) is 32.5 Å². The number of aliphatic hydroxyl groups is 1. The molecule has 0 saturated carbocycles. The number of benzene rings is 4. The Morgan fingerprint density at radius 2 is 1.58 bits per heavy atom. The van der Waals surface area contributed by atoms with Gasteiger partial charge >= 0.3 is 0 Å². The van der Waals surface area contributed by atoms with Crippen LogP contribution in [0.1, 0.15) is 52.7 Å². The van der Waals surface area contributed by atoms with E-state index in [0.717, 1.165) is 33.4 Å². The maximum atomic E-state index is 13.5. The molecule has 1 unspecified atom stereocenters. The molecule has 1 fully saturated rings. The van der Waals surface area contributed by atoms with Crippen molar-refractivity contribution in [2.45, 2.75) is 68.0 Å². The zero-order valence-corrected chi connectivity index (χ0v) is 30.8. The minimum absolute atomic E-state index is 0.00772. The van der Waals surface area contributed by atoms with E-state index in [9.17, 15) is 18.3 Å². The number of carbonyl (C=O) groups is 1. The number of tetrazole rings is 1. The Hall–Kier alpha value is -4.44. The number of aliphatic hydroxyl groups excluding tert-OH is 1. The summed E-state index contributed by atoms with van der Waals surface area (Å²) in [6.07, 6.45) is -0.967. The normalized spacial score (nSPS) is 19.6. The van der Waals surface area contributed by atoms with Gasteiger partial charge in [-0.05, 0) is 58.2 Å². The monoisotopic (exact) mass is 742 g/mol. The van der Waals surface area contributed by atoms with Crippen molar-refractivity contribution in [3.63, 3.8) is 0 Å². The second kappa shape index (κ2) is 16.9. The number of rotatable bonds is 14. The number of thioether (sulfide) groups is 1. The summed E-state index contributed by atoms with van der Waals surface area (Å²) in [5, 5.41) is 24.9. The van der Waals surface area contributed by atoms with Crippen molar-refractivity contribution in [1.82, 2.24) is 30.2 Å². The third kappa shape index (κ3) is 9.31. The number of nitrogens with one attached hydrogen (secondary N) is 2. The predicted molar refractivity (Wildman–Crippen MR) is 196 cm³/mol. The molecule has 2 heterocycles. The van der Waals surface area contributed by atoms with Crippen LogP contribution in [-0.4, -0.2) is 57.5 Å². The van der Waals surface area contributed by atoms with Crippen molar-refractivity contribution >= 4 is 27.7 Å². The van der Waals surface area contributed by atoms with Crippen LogP contribution in [0.4, 0.5) is 0 Å². The maximum absolute atomic E-state index is 13.5. The topological polar surface area (TPSA) is 158 Å². The van der Waals surface area contributed by atoms with E-state index < -0.39 is 28.3 Å². The number of carbonyl (C=O) groups excluding carboxylic acids is 1. The van der Waals surface area contributed by atoms with Crippen LogP contribution in [0, 0.1) is 12.8 Å². The lowest BCUT2D eigenvalue weighted by Gasteiger charge is -2.41. The summed E-state index contributed by atoms with van der Waals surface area (Å²) in [6.45, 7) is 4.12. The van der Waals surface area contributed by atoms with Crippen LogP contribution in [0.3, 0.4) is 0 Å². The van der Waals surface area contributed by atoms with Gasteiger partial charge in [-0.1, -0.05) is 115 Å². The largest absolute Gasteiger partial charge is 0.392 e. The number of nitrogens with zero attached hydrogens (tertiary/aromatic N) is 4. The van der Waals surface area contributed by atoms with Crippen molar-refractivity contribution < 1.29 is 27.8 Å². The van der Waals surface area contributed by atoms with Crippen LogP contribution in [0.25, 0.3) is 0 Å². The molecule has 1 aromatic heterocycles. The summed E-state index contributed by atoms with van der Waals surface area (Å²) >= 11 is 1.51. The molecule has 52 heavy (non-hydrogen) atoms. The van der Waals surface area contributed by atoms with Gasteiger partial charge in [0.2, 0.25) is 21.1 Å². The van der Waals surface area contributed by atoms with Gasteiger partial charge < -0.3 is 19.9 Å². The highest BCUT2D eigenvalue weighted by Crippen LogP contribution is 2.42. The summed E-state index contributed by atoms with van der Waals surface area (Å²) in [7, 11) is -2.17. The molecule has 4 aromatic carbocycles. The molecule has 1 aliphatic rings. The molecule has 5 atom stereocenters. The molecule has 5 aromatic rings. The van der Waals surface area contributed by atoms with Crippen LogP contribution in [0.5, 0.6) is 0 Å². The Bertz CT molecular complexity index is 2030. The van der Waals surface area contributed by atoms with Gasteiger partial charge in [-0.3, -0.25) is 4.79 Å². The molecule has 6 rings (SSSR count). The van der Waals surface area contributed by atoms with E-state index in [-0.39, 0.29) is 42.6 Å². The van der Waals surface area contributed by atoms with Crippen molar-refractivity contribution in [3.8, 4) is 0 Å². The highest BCUT2D eigenvalue weighted by Gasteiger charge is 2.38. The van der Waals surface area contributed by atoms with Gasteiger partial charge in [0.1, 0.15) is 6.04 Å². The standard InChI is InChI=1S/C38H42N6O6S2/c1-25-9-19-32(20-10-25)52(47,48)41-33(21-27-7-5-4-6-8-27)36(46)39-22-28-11-17-31(18-12-28)37-49-34(24-51-38-40-42-43-44(38)3)26(2)35(50-37)30-15-13-29(23-45)14-16-30/h4-20,26,33-35,37,41,45H,21-24H2,1-3H3,(H,39,46)/t26-,33+,34+,35+,37?/m0/s1. The molecule has 1 saturated heterocycles. The number of aromatic nitrogens is 4. The number of hydrogen-bond acceptors (Lipinski definition) is 10. The molecular weight excluding hydrogens is 701 g/mol. The van der Waals surface area contributed by atoms with E-state index in [1.54, 1.807) is 23.9 Å². The van der Waals surface area contributed by atoms with Crippen LogP contribution in [-0.2, 0) is 50.9 Å². The smallest absolute Gasteiger partial charge is 0.241 e. The van der Waals surface area contributed by atoms with Crippen molar-refractivity contribution in [2.75, 3.05) is 5.75 Å². The third-order valence-electron chi connectivity index (χ3n) is 9.03. The van der Waals surface area contributed by atoms with Crippen molar-refractivity contribution in [3.05, 3.63) is 137 Å². The molecule has 0 radical (unpaired) electrons. The maximum Gasteiger partial charge on any atom is 0.241 e. The van der Waals surface area contributed by atoms with Crippen LogP contribution in [0.15, 0.2) is 113 Å². The lowest BCUT2D eigenvalue weighted by molar-refractivity contribution is -0.268. The van der Waals surface area contributed by atoms with Crippen molar-refractivity contribution in [2.24, 2.45) is 13.0 Å². The summed E-state index contributed by atoms with van der Waals surface area (Å²) in [6, 6.07) is 30.1. The zero-order chi connectivity index (χ0) is 36.7. The molecule has 3 N–H and O–H groups in total. The van der Waals surface area contributed by atoms with Gasteiger partial charge in [0.05, 0.1) is 23.7 Å². The highest BCUT2D eigenvalue weighted by atomic mass is 32.2. The van der Waals surface area contributed by atoms with Gasteiger partial charge in [0.15, 0.2) is 6.29 Å². The van der Waals surface area contributed by atoms with E-state index in [1.165, 1.54) is 23.9 Å². The number of aryl methyl sites for hydroxylation is 2. The molecule has 1 aliphatic heterocycles. The summed E-state index contributed by atoms with van der Waals surface area (Å²) in [4.78, 5) is 13.6. The minimum Gasteiger partial charge on any atom is -0.392 e. The first-order valence-corrected chi connectivity index (χ1v) is 19.4. The second-order valence-corrected chi connectivity index (χ2v) is 15.6. The first kappa shape index (κ1) is 37.3. The van der Waals surface area contributed by atoms with Crippen LogP contribution in [0.2, 0.25) is 0 Å². The van der Waals surface area contributed by atoms with Gasteiger partial charge in [0, 0.05) is 30.8 Å². The highest BCUT2D eigenvalue weighted by molar-refractivity contribution is 7.99. The van der Waals surface area contributed by atoms with Gasteiger partial charge in [-0.25, -0.2) is 13.1 Å². The zero-order valence-electron chi connectivity index (χ0n) is 29.1. The predicted octanol–water partition coefficient (Wildman–Crippen LogP) is 4.80. The van der Waals surface area contributed by atoms with E-state index >= 15 is 0 Å². The molecule has 0 aliphatic carbocycles. The molecule has 0 bridgehead atoms. The van der Waals surface area contributed by atoms with E-state index in [4.69, 9.17) is 9.47 Å². The molecule has 12 nitrogen and oxygen atoms in total. The summed E-state index contributed by atoms with van der Waals surface area (Å²) < 4.78 is 43.9. The Morgan fingerprint density at radius 3 is 2.23 bits per heavy atom. The number of hydrogen-bond donors (Lipinski definition) is 3. The fraction of sp³-hybridized carbons (Fsp3) is 0.316. The summed E-state index contributed by atoms with van der Waals surface area (Å²) in [5.41, 5.74) is 5.19. The number of amides is 1. The number of sulfonamides is 1. The Kier molecular flexibility index (Phi) is 12.1. The molecule has 0 spiro atoms. The molecule has 14 heteroatoms. The quantitative estimate of drug-likeness (QED) is 0.135. The SMILES string of the molecule is Cc1ccc(S(=O)(=O)N[C@H](Cc2ccccc2)C(=O)NCc2ccc(C3O[C@H](CSc4nnnn4C)[C@H](C)[C@H](c4ccc(CO)cc4)O3)cc2)cc1. The first-order chi connectivity index (χ1) is 25.1. The van der Waals surface area contributed by atoms with Gasteiger partial charge in [0.25, 0.3) is 0 Å². The van der Waals surface area contributed by atoms with Gasteiger partial charge in [-0.2, -0.15) is 4.72 Å². The lowest BCUT2D eigenvalue weighted by atomic mass is 9.91. The lowest BCUT2D eigenvalue weighted by Crippen LogP contribution is -2.47. The fourth-order valence-corrected chi connectivity index (χ4v) is 8.13. The second-order valence-electron chi connectivity index (χ2n) is 12.9. The fourth-order valence-electron chi connectivity index (χ4n) is 5.93. The van der Waals surface area contributed by atoms with Crippen LogP contribution >= 0.6 is 11.8 Å². The Labute approximate surface area is 308 Å². The van der Waals surface area contributed by atoms with E-state index in [0.29, 0.717) is 10.9 Å². The summed E-state index contributed by atoms with van der Waals surface area (Å²) in [5.74, 6) is 0.152. The minimum atomic E-state index is -3.96. The number of ether oxygens (including phenoxy) is 2. The third-order valence-corrected chi connectivity index (χ3v) is 11.6. The van der Waals surface area contributed by atoms with Crippen LogP contribution < -0.4 is 10.0 Å². The molecule has 1 amide bonds. The van der Waals surface area contributed by atoms with Crippen molar-refractivity contribution in [1.29, 1.82) is 0 Å².